The van der Waals surface area contributed by atoms with Crippen LogP contribution in [0.5, 0.6) is 5.75 Å². The number of likely N-dealkylation sites (N-methyl/N-ethyl adjacent to an activating group) is 1. The van der Waals surface area contributed by atoms with Gasteiger partial charge < -0.3 is 24.0 Å². The molecule has 2 aliphatic rings. The first-order valence-corrected chi connectivity index (χ1v) is 10.2. The first-order chi connectivity index (χ1) is 14.1. The maximum Gasteiger partial charge on any atom is 0.226 e. The highest BCUT2D eigenvalue weighted by Crippen LogP contribution is 2.36. The van der Waals surface area contributed by atoms with Crippen molar-refractivity contribution in [3.63, 3.8) is 0 Å². The van der Waals surface area contributed by atoms with Crippen LogP contribution in [0, 0.1) is 0 Å². The maximum atomic E-state index is 10.7. The van der Waals surface area contributed by atoms with Gasteiger partial charge in [-0.2, -0.15) is 0 Å². The number of anilines is 1. The Morgan fingerprint density at radius 1 is 1.17 bits per heavy atom. The van der Waals surface area contributed by atoms with Crippen LogP contribution in [0.1, 0.15) is 23.7 Å². The van der Waals surface area contributed by atoms with Crippen molar-refractivity contribution in [2.75, 3.05) is 38.1 Å². The fourth-order valence-electron chi connectivity index (χ4n) is 4.12. The summed E-state index contributed by atoms with van der Waals surface area (Å²) < 4.78 is 7.91. The molecule has 2 aromatic heterocycles. The van der Waals surface area contributed by atoms with Crippen LogP contribution >= 0.6 is 0 Å². The molecule has 0 amide bonds. The van der Waals surface area contributed by atoms with E-state index in [0.717, 1.165) is 60.9 Å². The first-order valence-electron chi connectivity index (χ1n) is 10.2. The van der Waals surface area contributed by atoms with E-state index in [1.54, 1.807) is 0 Å². The third-order valence-corrected chi connectivity index (χ3v) is 5.92. The highest BCUT2D eigenvalue weighted by molar-refractivity contribution is 5.86. The van der Waals surface area contributed by atoms with Crippen LogP contribution in [0.2, 0.25) is 0 Å². The number of fused-ring (bicyclic) bond motifs is 2. The first kappa shape index (κ1) is 18.2. The van der Waals surface area contributed by atoms with Crippen LogP contribution in [0.15, 0.2) is 42.7 Å². The van der Waals surface area contributed by atoms with Crippen molar-refractivity contribution in [1.82, 2.24) is 14.3 Å². The number of nitrogens with zero attached hydrogens (tertiary/aromatic N) is 4. The Morgan fingerprint density at radius 2 is 2.00 bits per heavy atom. The highest BCUT2D eigenvalue weighted by atomic mass is 16.6. The summed E-state index contributed by atoms with van der Waals surface area (Å²) in [5.74, 6) is 0.718. The predicted octanol–water partition coefficient (Wildman–Crippen LogP) is 2.90. The molecule has 0 bridgehead atoms. The number of rotatable bonds is 3. The second kappa shape index (κ2) is 7.21. The minimum atomic E-state index is -1.03. The second-order valence-corrected chi connectivity index (χ2v) is 7.83. The number of aliphatic hydroxyl groups is 1. The zero-order valence-electron chi connectivity index (χ0n) is 16.9. The second-order valence-electron chi connectivity index (χ2n) is 7.83. The number of hydrogen-bond acceptors (Lipinski definition) is 5. The lowest BCUT2D eigenvalue weighted by Gasteiger charge is -2.34. The maximum absolute atomic E-state index is 10.7. The molecule has 4 heterocycles. The van der Waals surface area contributed by atoms with Crippen LogP contribution in [0.25, 0.3) is 17.3 Å². The summed E-state index contributed by atoms with van der Waals surface area (Å²) in [7, 11) is 2.15. The normalized spacial score (nSPS) is 19.8. The van der Waals surface area contributed by atoms with Crippen LogP contribution in [-0.4, -0.2) is 58.9 Å². The van der Waals surface area contributed by atoms with Crippen molar-refractivity contribution < 1.29 is 9.84 Å². The fraction of sp³-hybridized carbons (Fsp3) is 0.348. The van der Waals surface area contributed by atoms with Crippen molar-refractivity contribution >= 4 is 23.0 Å². The molecular weight excluding hydrogens is 364 g/mol. The molecular formula is C23H26N4O2. The number of piperazine rings is 1. The topological polar surface area (TPSA) is 53.2 Å². The van der Waals surface area contributed by atoms with Crippen molar-refractivity contribution in [1.29, 1.82) is 0 Å². The highest BCUT2D eigenvalue weighted by Gasteiger charge is 2.25. The number of aliphatic hydroxyl groups excluding tert-OH is 1. The third-order valence-electron chi connectivity index (χ3n) is 5.92. The molecule has 6 nitrogen and oxygen atoms in total. The van der Waals surface area contributed by atoms with Gasteiger partial charge in [0.15, 0.2) is 0 Å². The van der Waals surface area contributed by atoms with E-state index in [4.69, 9.17) is 9.72 Å². The van der Waals surface area contributed by atoms with Crippen LogP contribution in [0.3, 0.4) is 0 Å². The van der Waals surface area contributed by atoms with Crippen molar-refractivity contribution in [2.45, 2.75) is 19.6 Å². The Balaban J connectivity index is 1.48. The zero-order chi connectivity index (χ0) is 20.0. The minimum Gasteiger partial charge on any atom is -0.460 e. The van der Waals surface area contributed by atoms with Crippen LogP contribution < -0.4 is 9.64 Å². The summed E-state index contributed by atoms with van der Waals surface area (Å²) in [6.45, 7) is 6.23. The molecule has 5 rings (SSSR count). The quantitative estimate of drug-likeness (QED) is 0.745. The van der Waals surface area contributed by atoms with E-state index >= 15 is 0 Å². The number of aryl methyl sites for hydroxylation is 1. The van der Waals surface area contributed by atoms with Crippen molar-refractivity contribution in [2.24, 2.45) is 0 Å². The largest absolute Gasteiger partial charge is 0.460 e. The van der Waals surface area contributed by atoms with Gasteiger partial charge in [0, 0.05) is 61.5 Å². The van der Waals surface area contributed by atoms with E-state index in [1.807, 2.05) is 35.0 Å². The third kappa shape index (κ3) is 3.28. The lowest BCUT2D eigenvalue weighted by Crippen LogP contribution is -2.44. The van der Waals surface area contributed by atoms with Gasteiger partial charge in [0.25, 0.3) is 0 Å². The van der Waals surface area contributed by atoms with E-state index in [0.29, 0.717) is 5.57 Å². The molecule has 0 radical (unpaired) electrons. The molecule has 1 atom stereocenters. The molecule has 0 spiro atoms. The SMILES string of the molecule is CCc1cccn2cc(C3=Cc4ccc(N5CCN(C)CC5)cc4OC3O)nc12. The molecule has 3 aromatic rings. The van der Waals surface area contributed by atoms with E-state index in [-0.39, 0.29) is 0 Å². The monoisotopic (exact) mass is 390 g/mol. The molecule has 1 unspecified atom stereocenters. The summed E-state index contributed by atoms with van der Waals surface area (Å²) in [6.07, 6.45) is 5.82. The van der Waals surface area contributed by atoms with Crippen LogP contribution in [0.4, 0.5) is 5.69 Å². The average Bonchev–Trinajstić information content (AvgIpc) is 3.17. The number of imidazole rings is 1. The summed E-state index contributed by atoms with van der Waals surface area (Å²) in [5.41, 5.74) is 5.65. The van der Waals surface area contributed by atoms with E-state index in [9.17, 15) is 5.11 Å². The Morgan fingerprint density at radius 3 is 2.79 bits per heavy atom. The van der Waals surface area contributed by atoms with Gasteiger partial charge in [-0.25, -0.2) is 4.98 Å². The Kier molecular flexibility index (Phi) is 4.53. The fourth-order valence-corrected chi connectivity index (χ4v) is 4.12. The molecule has 0 saturated carbocycles. The summed E-state index contributed by atoms with van der Waals surface area (Å²) in [6, 6.07) is 10.4. The van der Waals surface area contributed by atoms with Gasteiger partial charge in [0.1, 0.15) is 11.4 Å². The molecule has 1 aromatic carbocycles. The van der Waals surface area contributed by atoms with Gasteiger partial charge >= 0.3 is 0 Å². The molecule has 6 heteroatoms. The van der Waals surface area contributed by atoms with Crippen LogP contribution in [-0.2, 0) is 6.42 Å². The number of benzene rings is 1. The van der Waals surface area contributed by atoms with Gasteiger partial charge in [-0.05, 0) is 43.3 Å². The average molecular weight is 390 g/mol. The Hall–Kier alpha value is -2.83. The van der Waals surface area contributed by atoms with Gasteiger partial charge in [-0.1, -0.05) is 13.0 Å². The molecule has 0 aliphatic carbocycles. The lowest BCUT2D eigenvalue weighted by atomic mass is 10.0. The van der Waals surface area contributed by atoms with Gasteiger partial charge in [0.2, 0.25) is 6.29 Å². The standard InChI is InChI=1S/C23H26N4O2/c1-3-16-5-4-8-27-15-20(24-22(16)27)19-13-17-6-7-18(14-21(17)29-23(19)28)26-11-9-25(2)10-12-26/h4-8,13-15,23,28H,3,9-12H2,1-2H3. The number of pyridine rings is 1. The Labute approximate surface area is 170 Å². The summed E-state index contributed by atoms with van der Waals surface area (Å²) in [5, 5.41) is 10.7. The molecule has 2 aliphatic heterocycles. The summed E-state index contributed by atoms with van der Waals surface area (Å²) >= 11 is 0. The number of aromatic nitrogens is 2. The number of ether oxygens (including phenoxy) is 1. The Bertz CT molecular complexity index is 1080. The molecule has 1 fully saturated rings. The number of hydrogen-bond donors (Lipinski definition) is 1. The van der Waals surface area contributed by atoms with Crippen molar-refractivity contribution in [3.8, 4) is 5.75 Å². The van der Waals surface area contributed by atoms with E-state index in [1.165, 1.54) is 5.56 Å². The van der Waals surface area contributed by atoms with Gasteiger partial charge in [-0.15, -0.1) is 0 Å². The molecule has 1 N–H and O–H groups in total. The molecule has 1 saturated heterocycles. The minimum absolute atomic E-state index is 0.690. The molecule has 29 heavy (non-hydrogen) atoms. The smallest absolute Gasteiger partial charge is 0.226 e. The predicted molar refractivity (Wildman–Crippen MR) is 115 cm³/mol. The lowest BCUT2D eigenvalue weighted by molar-refractivity contribution is 0.0318. The van der Waals surface area contributed by atoms with Gasteiger partial charge in [0.05, 0.1) is 5.69 Å². The van der Waals surface area contributed by atoms with Gasteiger partial charge in [-0.3, -0.25) is 0 Å². The van der Waals surface area contributed by atoms with E-state index in [2.05, 4.69) is 42.0 Å². The molecule has 150 valence electrons. The summed E-state index contributed by atoms with van der Waals surface area (Å²) in [4.78, 5) is 9.47. The van der Waals surface area contributed by atoms with E-state index < -0.39 is 6.29 Å². The van der Waals surface area contributed by atoms with Crippen molar-refractivity contribution in [3.05, 3.63) is 59.5 Å². The zero-order valence-corrected chi connectivity index (χ0v) is 16.9.